The lowest BCUT2D eigenvalue weighted by Crippen LogP contribution is -2.30. The maximum atomic E-state index is 12.5. The van der Waals surface area contributed by atoms with Gasteiger partial charge in [-0.05, 0) is 41.5 Å². The summed E-state index contributed by atoms with van der Waals surface area (Å²) in [5.74, 6) is 0.470. The molecule has 1 N–H and O–H groups in total. The molecule has 0 bridgehead atoms. The molecule has 0 heterocycles. The number of benzene rings is 2. The second-order valence-corrected chi connectivity index (χ2v) is 8.18. The topological polar surface area (TPSA) is 29.1 Å². The van der Waals surface area contributed by atoms with E-state index in [-0.39, 0.29) is 17.4 Å². The van der Waals surface area contributed by atoms with Crippen molar-refractivity contribution in [2.75, 3.05) is 5.32 Å². The molecule has 2 nitrogen and oxygen atoms in total. The predicted octanol–water partition coefficient (Wildman–Crippen LogP) is 5.90. The van der Waals surface area contributed by atoms with Crippen molar-refractivity contribution < 1.29 is 4.79 Å². The van der Waals surface area contributed by atoms with Gasteiger partial charge in [0.25, 0.3) is 0 Å². The monoisotopic (exact) mass is 335 g/mol. The molecule has 2 unspecified atom stereocenters. The Morgan fingerprint density at radius 2 is 1.64 bits per heavy atom. The molecule has 1 aliphatic carbocycles. The minimum atomic E-state index is 0.0505. The molecule has 0 spiro atoms. The number of hydrogen-bond acceptors (Lipinski definition) is 2. The first kappa shape index (κ1) is 17.7. The second kappa shape index (κ2) is 7.43. The van der Waals surface area contributed by atoms with Crippen molar-refractivity contribution in [1.29, 1.82) is 0 Å². The smallest absolute Gasteiger partial charge is 0.138 e. The summed E-state index contributed by atoms with van der Waals surface area (Å²) in [6, 6.07) is 19.1. The molecule has 0 radical (unpaired) electrons. The average molecular weight is 335 g/mol. The van der Waals surface area contributed by atoms with E-state index in [9.17, 15) is 4.79 Å². The molecule has 2 atom stereocenters. The Labute approximate surface area is 151 Å². The van der Waals surface area contributed by atoms with Crippen LogP contribution in [-0.4, -0.2) is 5.78 Å². The van der Waals surface area contributed by atoms with Gasteiger partial charge in [-0.25, -0.2) is 0 Å². The van der Waals surface area contributed by atoms with Crippen LogP contribution in [0.15, 0.2) is 54.6 Å². The SMILES string of the molecule is CC(C)(C)c1ccc(NC(c2ccccc2)C2CCCCC2=O)cc1. The van der Waals surface area contributed by atoms with Crippen LogP contribution in [0, 0.1) is 5.92 Å². The van der Waals surface area contributed by atoms with Crippen molar-refractivity contribution in [3.05, 3.63) is 65.7 Å². The third-order valence-electron chi connectivity index (χ3n) is 5.24. The van der Waals surface area contributed by atoms with E-state index >= 15 is 0 Å². The normalized spacial score (nSPS) is 19.5. The zero-order valence-electron chi connectivity index (χ0n) is 15.6. The van der Waals surface area contributed by atoms with Crippen LogP contribution in [0.25, 0.3) is 0 Å². The number of hydrogen-bond donors (Lipinski definition) is 1. The summed E-state index contributed by atoms with van der Waals surface area (Å²) < 4.78 is 0. The molecule has 132 valence electrons. The molecular weight excluding hydrogens is 306 g/mol. The molecule has 0 saturated heterocycles. The summed E-state index contributed by atoms with van der Waals surface area (Å²) in [5, 5.41) is 3.65. The van der Waals surface area contributed by atoms with Gasteiger partial charge in [0.15, 0.2) is 0 Å². The molecule has 1 fully saturated rings. The van der Waals surface area contributed by atoms with Crippen molar-refractivity contribution in [1.82, 2.24) is 0 Å². The Morgan fingerprint density at radius 3 is 2.24 bits per heavy atom. The first-order chi connectivity index (χ1) is 11.9. The summed E-state index contributed by atoms with van der Waals surface area (Å²) in [4.78, 5) is 12.5. The van der Waals surface area contributed by atoms with Crippen LogP contribution in [0.4, 0.5) is 5.69 Å². The fourth-order valence-corrected chi connectivity index (χ4v) is 3.69. The zero-order valence-corrected chi connectivity index (χ0v) is 15.6. The molecule has 1 saturated carbocycles. The number of carbonyl (C=O) groups excluding carboxylic acids is 1. The van der Waals surface area contributed by atoms with Gasteiger partial charge in [0.05, 0.1) is 6.04 Å². The molecule has 25 heavy (non-hydrogen) atoms. The van der Waals surface area contributed by atoms with E-state index in [1.54, 1.807) is 0 Å². The highest BCUT2D eigenvalue weighted by atomic mass is 16.1. The lowest BCUT2D eigenvalue weighted by Gasteiger charge is -2.31. The van der Waals surface area contributed by atoms with Gasteiger partial charge in [-0.2, -0.15) is 0 Å². The van der Waals surface area contributed by atoms with Gasteiger partial charge < -0.3 is 5.32 Å². The number of ketones is 1. The highest BCUT2D eigenvalue weighted by Crippen LogP contribution is 2.35. The Kier molecular flexibility index (Phi) is 5.27. The summed E-state index contributed by atoms with van der Waals surface area (Å²) >= 11 is 0. The first-order valence-corrected chi connectivity index (χ1v) is 9.40. The molecule has 0 aliphatic heterocycles. The minimum absolute atomic E-state index is 0.0505. The number of carbonyl (C=O) groups is 1. The third kappa shape index (κ3) is 4.31. The van der Waals surface area contributed by atoms with Gasteiger partial charge >= 0.3 is 0 Å². The Balaban J connectivity index is 1.86. The van der Waals surface area contributed by atoms with E-state index in [1.807, 2.05) is 6.07 Å². The lowest BCUT2D eigenvalue weighted by atomic mass is 9.80. The fraction of sp³-hybridized carbons (Fsp3) is 0.435. The summed E-state index contributed by atoms with van der Waals surface area (Å²) in [6.45, 7) is 6.68. The van der Waals surface area contributed by atoms with Gasteiger partial charge in [0, 0.05) is 18.0 Å². The second-order valence-electron chi connectivity index (χ2n) is 8.18. The molecular formula is C23H29NO. The number of nitrogens with one attached hydrogen (secondary N) is 1. The Bertz CT molecular complexity index is 697. The largest absolute Gasteiger partial charge is 0.378 e. The third-order valence-corrected chi connectivity index (χ3v) is 5.24. The van der Waals surface area contributed by atoms with Crippen LogP contribution in [-0.2, 0) is 10.2 Å². The molecule has 0 amide bonds. The Hall–Kier alpha value is -2.09. The van der Waals surface area contributed by atoms with Gasteiger partial charge in [-0.15, -0.1) is 0 Å². The number of anilines is 1. The standard InChI is InChI=1S/C23H29NO/c1-23(2,3)18-13-15-19(16-14-18)24-22(17-9-5-4-6-10-17)20-11-7-8-12-21(20)25/h4-6,9-10,13-16,20,22,24H,7-8,11-12H2,1-3H3. The molecule has 1 aliphatic rings. The van der Waals surface area contributed by atoms with E-state index in [2.05, 4.69) is 74.6 Å². The summed E-state index contributed by atoms with van der Waals surface area (Å²) in [6.07, 6.45) is 3.88. The number of rotatable bonds is 4. The van der Waals surface area contributed by atoms with Gasteiger partial charge in [-0.1, -0.05) is 69.7 Å². The van der Waals surface area contributed by atoms with Crippen molar-refractivity contribution in [3.8, 4) is 0 Å². The van der Waals surface area contributed by atoms with E-state index in [0.717, 1.165) is 31.4 Å². The van der Waals surface area contributed by atoms with Crippen LogP contribution >= 0.6 is 0 Å². The Morgan fingerprint density at radius 1 is 0.960 bits per heavy atom. The van der Waals surface area contributed by atoms with Crippen LogP contribution in [0.5, 0.6) is 0 Å². The van der Waals surface area contributed by atoms with Crippen LogP contribution in [0.3, 0.4) is 0 Å². The molecule has 2 heteroatoms. The number of Topliss-reactive ketones (excluding diaryl/α,β-unsaturated/α-hetero) is 1. The van der Waals surface area contributed by atoms with Crippen molar-refractivity contribution in [2.24, 2.45) is 5.92 Å². The van der Waals surface area contributed by atoms with E-state index < -0.39 is 0 Å². The predicted molar refractivity (Wildman–Crippen MR) is 105 cm³/mol. The highest BCUT2D eigenvalue weighted by Gasteiger charge is 2.31. The van der Waals surface area contributed by atoms with Gasteiger partial charge in [0.2, 0.25) is 0 Å². The van der Waals surface area contributed by atoms with E-state index in [1.165, 1.54) is 11.1 Å². The van der Waals surface area contributed by atoms with Gasteiger partial charge in [0.1, 0.15) is 5.78 Å². The van der Waals surface area contributed by atoms with Crippen LogP contribution < -0.4 is 5.32 Å². The quantitative estimate of drug-likeness (QED) is 0.754. The fourth-order valence-electron chi connectivity index (χ4n) is 3.69. The maximum absolute atomic E-state index is 12.5. The lowest BCUT2D eigenvalue weighted by molar-refractivity contribution is -0.125. The van der Waals surface area contributed by atoms with Crippen LogP contribution in [0.2, 0.25) is 0 Å². The van der Waals surface area contributed by atoms with Crippen LogP contribution in [0.1, 0.15) is 63.6 Å². The average Bonchev–Trinajstić information content (AvgIpc) is 2.61. The van der Waals surface area contributed by atoms with Crippen molar-refractivity contribution in [2.45, 2.75) is 57.9 Å². The first-order valence-electron chi connectivity index (χ1n) is 9.40. The summed E-state index contributed by atoms with van der Waals surface area (Å²) in [7, 11) is 0. The minimum Gasteiger partial charge on any atom is -0.378 e. The maximum Gasteiger partial charge on any atom is 0.138 e. The van der Waals surface area contributed by atoms with Crippen molar-refractivity contribution >= 4 is 11.5 Å². The highest BCUT2D eigenvalue weighted by molar-refractivity contribution is 5.83. The molecule has 0 aromatic heterocycles. The molecule has 2 aromatic carbocycles. The van der Waals surface area contributed by atoms with E-state index in [4.69, 9.17) is 0 Å². The molecule has 3 rings (SSSR count). The van der Waals surface area contributed by atoms with E-state index in [0.29, 0.717) is 5.78 Å². The van der Waals surface area contributed by atoms with Gasteiger partial charge in [-0.3, -0.25) is 4.79 Å². The van der Waals surface area contributed by atoms with Crippen molar-refractivity contribution in [3.63, 3.8) is 0 Å². The summed E-state index contributed by atoms with van der Waals surface area (Å²) in [5.41, 5.74) is 3.75. The zero-order chi connectivity index (χ0) is 17.9. The molecule has 2 aromatic rings.